The fraction of sp³-hybridized carbons (Fsp3) is 0.207. The van der Waals surface area contributed by atoms with Crippen LogP contribution in [0.25, 0.3) is 99.6 Å². The number of fused-ring (bicyclic) bond motifs is 8. The van der Waals surface area contributed by atoms with Crippen LogP contribution in [0, 0.1) is 0 Å². The van der Waals surface area contributed by atoms with E-state index in [2.05, 4.69) is 5.32 Å². The minimum atomic E-state index is -4.92. The monoisotopic (exact) mass is 1260 g/mol. The summed E-state index contributed by atoms with van der Waals surface area (Å²) in [6, 6.07) is 13.0. The van der Waals surface area contributed by atoms with Gasteiger partial charge in [0.05, 0.1) is 61.4 Å². The molecule has 16 rings (SSSR count). The first-order valence-corrected chi connectivity index (χ1v) is 29.0. The van der Waals surface area contributed by atoms with Gasteiger partial charge in [0.15, 0.2) is 0 Å². The summed E-state index contributed by atoms with van der Waals surface area (Å²) in [6.07, 6.45) is -11.8. The van der Waals surface area contributed by atoms with E-state index in [9.17, 15) is 41.1 Å². The molecule has 2 unspecified atom stereocenters. The maximum absolute atomic E-state index is 10.6. The number of nitrogens with zero attached hydrogens (tertiary/aromatic N) is 3. The lowest BCUT2D eigenvalue weighted by atomic mass is 9.62. The van der Waals surface area contributed by atoms with Gasteiger partial charge in [0.2, 0.25) is 0 Å². The number of para-hydroxylation sites is 4. The van der Waals surface area contributed by atoms with Crippen LogP contribution in [0.2, 0.25) is 0 Å². The Kier molecular flexibility index (Phi) is 6.14. The molecule has 3 heterocycles. The van der Waals surface area contributed by atoms with Crippen molar-refractivity contribution in [1.82, 2.24) is 14.1 Å². The zero-order valence-electron chi connectivity index (χ0n) is 96.5. The van der Waals surface area contributed by atoms with Gasteiger partial charge in [0.1, 0.15) is 22.9 Å². The van der Waals surface area contributed by atoms with Crippen molar-refractivity contribution in [3.05, 3.63) is 288 Å². The van der Waals surface area contributed by atoms with E-state index in [4.69, 9.17) is 40.1 Å². The predicted molar refractivity (Wildman–Crippen MR) is 390 cm³/mol. The summed E-state index contributed by atoms with van der Waals surface area (Å²) in [4.78, 5) is 5.03. The van der Waals surface area contributed by atoms with Gasteiger partial charge < -0.3 is 20.4 Å². The van der Waals surface area contributed by atoms with Crippen molar-refractivity contribution in [2.45, 2.75) is 114 Å². The summed E-state index contributed by atoms with van der Waals surface area (Å²) >= 11 is 0. The van der Waals surface area contributed by atoms with Gasteiger partial charge in [0, 0.05) is 106 Å². The van der Waals surface area contributed by atoms with E-state index in [1.54, 1.807) is 95.6 Å². The van der Waals surface area contributed by atoms with Gasteiger partial charge in [-0.05, 0) is 134 Å². The molecule has 3 N–H and O–H groups in total. The Labute approximate surface area is 614 Å². The number of nitrogens with two attached hydrogens (primary N) is 1. The van der Waals surface area contributed by atoms with Gasteiger partial charge in [-0.2, -0.15) is 0 Å². The molecule has 6 nitrogen and oxygen atoms in total. The predicted octanol–water partition coefficient (Wildman–Crippen LogP) is 22.2. The number of benzene rings is 10. The molecule has 13 aromatic rings. The van der Waals surface area contributed by atoms with E-state index >= 15 is 0 Å². The first-order valence-electron chi connectivity index (χ1n) is 53.0. The van der Waals surface area contributed by atoms with Crippen LogP contribution in [-0.4, -0.2) is 20.2 Å². The highest BCUT2D eigenvalue weighted by atomic mass is 16.5. The number of hydrogen-bond donors (Lipinski definition) is 2. The molecule has 0 saturated heterocycles. The molecule has 93 heavy (non-hydrogen) atoms. The minimum Gasteiger partial charge on any atom is -0.457 e. The summed E-state index contributed by atoms with van der Waals surface area (Å²) in [5, 5.41) is 4.55. The van der Waals surface area contributed by atoms with Gasteiger partial charge in [-0.3, -0.25) is 4.57 Å². The lowest BCUT2D eigenvalue weighted by Crippen LogP contribution is -2.50. The number of rotatable bonds is 11. The molecule has 0 fully saturated rings. The van der Waals surface area contributed by atoms with E-state index in [0.29, 0.717) is 21.9 Å². The molecule has 0 aliphatic heterocycles. The van der Waals surface area contributed by atoms with Crippen molar-refractivity contribution in [2.75, 3.05) is 5.32 Å². The van der Waals surface area contributed by atoms with Crippen molar-refractivity contribution < 1.29 is 70.5 Å². The summed E-state index contributed by atoms with van der Waals surface area (Å²) < 4.78 is 457. The Morgan fingerprint density at radius 2 is 1.00 bits per heavy atom. The Hall–Kier alpha value is -10.0. The van der Waals surface area contributed by atoms with Crippen LogP contribution in [0.1, 0.15) is 174 Å². The third-order valence-electron chi connectivity index (χ3n) is 17.0. The third kappa shape index (κ3) is 9.66. The van der Waals surface area contributed by atoms with Gasteiger partial charge in [-0.15, -0.1) is 0 Å². The van der Waals surface area contributed by atoms with Gasteiger partial charge in [-0.25, -0.2) is 4.98 Å². The number of aromatic nitrogens is 3. The minimum absolute atomic E-state index is 0.0179. The molecule has 2 atom stereocenters. The number of anilines is 1. The highest BCUT2D eigenvalue weighted by molar-refractivity contribution is 6.12. The molecule has 0 spiro atoms. The van der Waals surface area contributed by atoms with Crippen LogP contribution >= 0.6 is 0 Å². The van der Waals surface area contributed by atoms with Crippen LogP contribution in [0.15, 0.2) is 261 Å². The van der Waals surface area contributed by atoms with E-state index < -0.39 is 260 Å². The molecule has 3 aromatic heterocycles. The number of nitrogens with one attached hydrogen (secondary N) is 1. The lowest BCUT2D eigenvalue weighted by Gasteiger charge is -2.42. The summed E-state index contributed by atoms with van der Waals surface area (Å²) in [5.41, 5.74) is -27.3. The molecular formula is C87H79N5O. The number of ether oxygens (including phenoxy) is 1. The molecule has 3 aliphatic rings. The van der Waals surface area contributed by atoms with Crippen LogP contribution in [0.4, 0.5) is 5.69 Å². The third-order valence-corrected chi connectivity index (χ3v) is 17.0. The smallest absolute Gasteiger partial charge is 0.139 e. The zero-order valence-corrected chi connectivity index (χ0v) is 48.5. The molecular weight excluding hydrogens is 1130 g/mol. The van der Waals surface area contributed by atoms with Crippen LogP contribution in [0.3, 0.4) is 0 Å². The number of pyridine rings is 1. The Bertz CT molecular complexity index is 7170. The second-order valence-corrected chi connectivity index (χ2v) is 22.8. The SMILES string of the molecule is [2H]c1c([2H])c([2H])c(-c2cccc(-c3c([2H])c([2H])c([2H])c([2H])c3[2H])c2NC2(c3cccc(Oc4ccc5c6ccccc6n(-c6cc7c(cn6)c6ccccc6n7-c6c(-c7c([2H])c([2H])c8c(c7[2H])C(C([2H])([2H])[2H])(C([2H])([2H])[2H])C([2H])([2H])C([2H])([2H])C8(C([2H])([2H])[2H])C([2H])([2H])[2H])cccc6-c6c([2H])c([2H])c7c(c6[2H])C(C([2H])([2H])[2H])(C([2H])([2H])[2H])C([2H])([2H])C([2H])([2H])C7(C([2H])([2H])[2H])C([2H])([2H])[2H])c5c4)c3)C=CC=CC2N)c([2H])c1[2H]. The molecule has 0 radical (unpaired) electrons. The average Bonchev–Trinajstić information content (AvgIpc) is 1.13. The standard InChI is InChI=1S/C87H79N5O/c1-83(2)46-48-85(5,6)73-50-58(39-43-71(73)83)65-34-23-35-66(59-40-44-72-74(51-59)86(7,8)49-47-84(72,3)4)82(65)92-76-37-18-16-31-68(76)70-55-89-80(54-78(70)92)91-75-36-17-15-30-67(75)69-42-41-62(53-77(69)91)93-61-29-21-28-60(52-61)87(45-20-19-38-79(87)88)90-81-63(56-24-11-9-12-25-56)32-22-33-64(81)57-26-13-10-14-27-57/h9-45,50-55,79,90H,46-49,88H2,1-8H3/i1D3,2D3,3D3,4D3,5D3,6D3,7D3,8D3,9D,10D,11D,12D,13D,14D,24D,25D,26D,27D,39D,40D,43D,44D,46D2,47D2,48D2,49D2,50D,51D. The molecule has 6 heteroatoms. The maximum atomic E-state index is 10.6. The summed E-state index contributed by atoms with van der Waals surface area (Å²) in [6.45, 7) is -37.0. The molecule has 0 amide bonds. The largest absolute Gasteiger partial charge is 0.457 e. The number of allylic oxidation sites excluding steroid dienone is 2. The second kappa shape index (κ2) is 21.8. The van der Waals surface area contributed by atoms with E-state index in [0.717, 1.165) is 22.8 Å². The van der Waals surface area contributed by atoms with E-state index in [1.807, 2.05) is 0 Å². The van der Waals surface area contributed by atoms with Crippen molar-refractivity contribution in [2.24, 2.45) is 5.73 Å². The van der Waals surface area contributed by atoms with E-state index in [1.165, 1.54) is 54.7 Å². The average molecular weight is 1260 g/mol. The van der Waals surface area contributed by atoms with Crippen molar-refractivity contribution in [3.8, 4) is 67.5 Å². The zero-order chi connectivity index (χ0) is 105. The Morgan fingerprint density at radius 1 is 0.484 bits per heavy atom. The normalized spacial score (nSPS) is 29.2. The Morgan fingerprint density at radius 3 is 1.59 bits per heavy atom. The molecule has 0 bridgehead atoms. The van der Waals surface area contributed by atoms with Gasteiger partial charge >= 0.3 is 0 Å². The van der Waals surface area contributed by atoms with Crippen molar-refractivity contribution in [1.29, 1.82) is 0 Å². The molecule has 458 valence electrons. The number of hydrogen-bond acceptors (Lipinski definition) is 4. The Balaban J connectivity index is 1.00. The summed E-state index contributed by atoms with van der Waals surface area (Å²) in [7, 11) is 0. The first-order chi connectivity index (χ1) is 64.7. The second-order valence-electron chi connectivity index (χ2n) is 22.8. The molecule has 0 saturated carbocycles. The highest BCUT2D eigenvalue weighted by Crippen LogP contribution is 2.52. The maximum Gasteiger partial charge on any atom is 0.139 e. The van der Waals surface area contributed by atoms with Crippen LogP contribution < -0.4 is 15.8 Å². The highest BCUT2D eigenvalue weighted by Gasteiger charge is 2.41. The van der Waals surface area contributed by atoms with Crippen LogP contribution in [0.5, 0.6) is 11.5 Å². The van der Waals surface area contributed by atoms with Crippen molar-refractivity contribution in [3.63, 3.8) is 0 Å². The fourth-order valence-electron chi connectivity index (χ4n) is 12.7. The van der Waals surface area contributed by atoms with E-state index in [-0.39, 0.29) is 72.6 Å². The topological polar surface area (TPSA) is 70.0 Å². The molecule has 3 aliphatic carbocycles. The lowest BCUT2D eigenvalue weighted by molar-refractivity contribution is 0.332. The van der Waals surface area contributed by atoms with Gasteiger partial charge in [-0.1, -0.05) is 261 Å². The van der Waals surface area contributed by atoms with Crippen LogP contribution in [-0.2, 0) is 27.2 Å². The van der Waals surface area contributed by atoms with Gasteiger partial charge in [0.25, 0.3) is 0 Å². The fourth-order valence-corrected chi connectivity index (χ4v) is 12.7. The quantitative estimate of drug-likeness (QED) is 0.135. The summed E-state index contributed by atoms with van der Waals surface area (Å²) in [5.74, 6) is 0.0128. The van der Waals surface area contributed by atoms with Crippen molar-refractivity contribution >= 4 is 49.3 Å². The molecule has 10 aromatic carbocycles. The first kappa shape index (κ1) is 26.2.